The maximum atomic E-state index is 10.7. The van der Waals surface area contributed by atoms with Crippen molar-refractivity contribution in [3.05, 3.63) is 35.4 Å². The van der Waals surface area contributed by atoms with Gasteiger partial charge in [-0.1, -0.05) is 39.0 Å². The van der Waals surface area contributed by atoms with Crippen LogP contribution in [0, 0.1) is 16.7 Å². The number of aliphatic hydroxyl groups excluding tert-OH is 1. The number of rotatable bonds is 2. The lowest BCUT2D eigenvalue weighted by Gasteiger charge is -2.36. The van der Waals surface area contributed by atoms with Crippen LogP contribution in [0.2, 0.25) is 0 Å². The van der Waals surface area contributed by atoms with Crippen molar-refractivity contribution in [1.29, 1.82) is 0 Å². The summed E-state index contributed by atoms with van der Waals surface area (Å²) in [4.78, 5) is 0. The Kier molecular flexibility index (Phi) is 2.98. The average Bonchev–Trinajstić information content (AvgIpc) is 2.74. The Bertz CT molecular complexity index is 541. The van der Waals surface area contributed by atoms with E-state index in [0.29, 0.717) is 5.92 Å². The molecule has 2 saturated carbocycles. The van der Waals surface area contributed by atoms with Gasteiger partial charge in [-0.2, -0.15) is 0 Å². The standard InChI is InChI=1S/C18H24O2/c1-17(2)15-9-10-18(17,3)16(19)14(15)11-12-5-7-13(20-4)8-6-12/h5-8,11,15-16,19H,9-10H2,1-4H3/b14-11-. The molecule has 0 radical (unpaired) electrons. The lowest BCUT2D eigenvalue weighted by atomic mass is 9.70. The highest BCUT2D eigenvalue weighted by Crippen LogP contribution is 2.67. The molecule has 1 aromatic carbocycles. The number of aliphatic hydroxyl groups is 1. The van der Waals surface area contributed by atoms with E-state index in [1.165, 1.54) is 12.0 Å². The lowest BCUT2D eigenvalue weighted by molar-refractivity contribution is 0.0264. The monoisotopic (exact) mass is 272 g/mol. The first-order chi connectivity index (χ1) is 9.40. The average molecular weight is 272 g/mol. The minimum Gasteiger partial charge on any atom is -0.497 e. The van der Waals surface area contributed by atoms with Gasteiger partial charge in [0.1, 0.15) is 5.75 Å². The van der Waals surface area contributed by atoms with Crippen LogP contribution in [0.3, 0.4) is 0 Å². The van der Waals surface area contributed by atoms with Crippen molar-refractivity contribution < 1.29 is 9.84 Å². The van der Waals surface area contributed by atoms with Crippen molar-refractivity contribution in [3.8, 4) is 5.75 Å². The molecule has 108 valence electrons. The van der Waals surface area contributed by atoms with E-state index in [0.717, 1.165) is 17.7 Å². The van der Waals surface area contributed by atoms with E-state index >= 15 is 0 Å². The van der Waals surface area contributed by atoms with Crippen molar-refractivity contribution >= 4 is 6.08 Å². The van der Waals surface area contributed by atoms with Crippen LogP contribution in [-0.4, -0.2) is 18.3 Å². The van der Waals surface area contributed by atoms with E-state index in [2.05, 4.69) is 39.0 Å². The topological polar surface area (TPSA) is 29.5 Å². The molecule has 2 fully saturated rings. The summed E-state index contributed by atoms with van der Waals surface area (Å²) >= 11 is 0. The zero-order valence-electron chi connectivity index (χ0n) is 12.8. The minimum atomic E-state index is -0.307. The molecule has 0 spiro atoms. The van der Waals surface area contributed by atoms with Gasteiger partial charge in [0.25, 0.3) is 0 Å². The summed E-state index contributed by atoms with van der Waals surface area (Å²) in [6, 6.07) is 8.05. The van der Waals surface area contributed by atoms with Crippen LogP contribution in [0.1, 0.15) is 39.2 Å². The third-order valence-electron chi connectivity index (χ3n) is 6.07. The molecular formula is C18H24O2. The third kappa shape index (κ3) is 1.67. The van der Waals surface area contributed by atoms with Crippen molar-refractivity contribution in [2.24, 2.45) is 16.7 Å². The molecule has 2 aliphatic rings. The molecular weight excluding hydrogens is 248 g/mol. The molecule has 2 aliphatic carbocycles. The van der Waals surface area contributed by atoms with Gasteiger partial charge in [0.05, 0.1) is 13.2 Å². The number of ether oxygens (including phenoxy) is 1. The Hall–Kier alpha value is -1.28. The number of fused-ring (bicyclic) bond motifs is 2. The zero-order valence-corrected chi connectivity index (χ0v) is 12.8. The van der Waals surface area contributed by atoms with Gasteiger partial charge in [-0.05, 0) is 47.4 Å². The van der Waals surface area contributed by atoms with Crippen LogP contribution in [0.4, 0.5) is 0 Å². The molecule has 0 saturated heterocycles. The second kappa shape index (κ2) is 4.36. The highest BCUT2D eigenvalue weighted by molar-refractivity contribution is 5.58. The summed E-state index contributed by atoms with van der Waals surface area (Å²) in [6.07, 6.45) is 4.20. The van der Waals surface area contributed by atoms with Crippen molar-refractivity contribution in [2.75, 3.05) is 7.11 Å². The fraction of sp³-hybridized carbons (Fsp3) is 0.556. The Labute approximate surface area is 121 Å². The molecule has 0 aliphatic heterocycles. The number of benzene rings is 1. The summed E-state index contributed by atoms with van der Waals surface area (Å²) in [7, 11) is 1.68. The van der Waals surface area contributed by atoms with E-state index in [-0.39, 0.29) is 16.9 Å². The number of hydrogen-bond donors (Lipinski definition) is 1. The molecule has 1 N–H and O–H groups in total. The predicted molar refractivity (Wildman–Crippen MR) is 81.6 cm³/mol. The van der Waals surface area contributed by atoms with Crippen LogP contribution < -0.4 is 4.74 Å². The van der Waals surface area contributed by atoms with Crippen LogP contribution in [-0.2, 0) is 0 Å². The Morgan fingerprint density at radius 1 is 1.20 bits per heavy atom. The van der Waals surface area contributed by atoms with Gasteiger partial charge in [-0.25, -0.2) is 0 Å². The normalized spacial score (nSPS) is 36.5. The van der Waals surface area contributed by atoms with Crippen molar-refractivity contribution in [2.45, 2.75) is 39.7 Å². The molecule has 3 rings (SSSR count). The lowest BCUT2D eigenvalue weighted by Crippen LogP contribution is -2.35. The Morgan fingerprint density at radius 2 is 1.85 bits per heavy atom. The van der Waals surface area contributed by atoms with Crippen LogP contribution >= 0.6 is 0 Å². The van der Waals surface area contributed by atoms with Gasteiger partial charge in [0.2, 0.25) is 0 Å². The zero-order chi connectivity index (χ0) is 14.5. The summed E-state index contributed by atoms with van der Waals surface area (Å²) in [6.45, 7) is 6.86. The first kappa shape index (κ1) is 13.7. The van der Waals surface area contributed by atoms with Gasteiger partial charge in [0.15, 0.2) is 0 Å². The third-order valence-corrected chi connectivity index (χ3v) is 6.07. The van der Waals surface area contributed by atoms with E-state index in [1.807, 2.05) is 12.1 Å². The van der Waals surface area contributed by atoms with Crippen LogP contribution in [0.25, 0.3) is 6.08 Å². The van der Waals surface area contributed by atoms with Crippen molar-refractivity contribution in [3.63, 3.8) is 0 Å². The fourth-order valence-corrected chi connectivity index (χ4v) is 4.23. The molecule has 20 heavy (non-hydrogen) atoms. The Morgan fingerprint density at radius 3 is 2.35 bits per heavy atom. The van der Waals surface area contributed by atoms with Crippen LogP contribution in [0.5, 0.6) is 5.75 Å². The maximum absolute atomic E-state index is 10.7. The second-order valence-electron chi connectivity index (χ2n) is 7.05. The smallest absolute Gasteiger partial charge is 0.118 e. The molecule has 0 heterocycles. The van der Waals surface area contributed by atoms with E-state index in [9.17, 15) is 5.11 Å². The Balaban J connectivity index is 1.96. The summed E-state index contributed by atoms with van der Waals surface area (Å²) in [5, 5.41) is 10.7. The minimum absolute atomic E-state index is 0.0238. The predicted octanol–water partition coefficient (Wildman–Crippen LogP) is 3.90. The summed E-state index contributed by atoms with van der Waals surface area (Å²) < 4.78 is 5.19. The number of hydrogen-bond acceptors (Lipinski definition) is 2. The SMILES string of the molecule is COc1ccc(/C=C2/C3CCC(C)(C2O)C3(C)C)cc1. The molecule has 0 aromatic heterocycles. The first-order valence-electron chi connectivity index (χ1n) is 7.44. The molecule has 2 bridgehead atoms. The molecule has 0 amide bonds. The van der Waals surface area contributed by atoms with Gasteiger partial charge in [0, 0.05) is 5.41 Å². The molecule has 3 atom stereocenters. The van der Waals surface area contributed by atoms with Gasteiger partial charge < -0.3 is 9.84 Å². The molecule has 1 aromatic rings. The second-order valence-corrected chi connectivity index (χ2v) is 7.05. The van der Waals surface area contributed by atoms with Gasteiger partial charge in [-0.3, -0.25) is 0 Å². The first-order valence-corrected chi connectivity index (χ1v) is 7.44. The molecule has 3 unspecified atom stereocenters. The fourth-order valence-electron chi connectivity index (χ4n) is 4.23. The number of methoxy groups -OCH3 is 1. The maximum Gasteiger partial charge on any atom is 0.118 e. The summed E-state index contributed by atoms with van der Waals surface area (Å²) in [5.41, 5.74) is 2.57. The van der Waals surface area contributed by atoms with E-state index in [1.54, 1.807) is 7.11 Å². The molecule has 2 nitrogen and oxygen atoms in total. The quantitative estimate of drug-likeness (QED) is 0.885. The van der Waals surface area contributed by atoms with Crippen LogP contribution in [0.15, 0.2) is 29.8 Å². The largest absolute Gasteiger partial charge is 0.497 e. The van der Waals surface area contributed by atoms with Gasteiger partial charge >= 0.3 is 0 Å². The highest BCUT2D eigenvalue weighted by Gasteiger charge is 2.63. The van der Waals surface area contributed by atoms with Gasteiger partial charge in [-0.15, -0.1) is 0 Å². The van der Waals surface area contributed by atoms with Crippen molar-refractivity contribution in [1.82, 2.24) is 0 Å². The highest BCUT2D eigenvalue weighted by atomic mass is 16.5. The van der Waals surface area contributed by atoms with E-state index in [4.69, 9.17) is 4.74 Å². The molecule has 2 heteroatoms. The van der Waals surface area contributed by atoms with E-state index < -0.39 is 0 Å². The summed E-state index contributed by atoms with van der Waals surface area (Å²) in [5.74, 6) is 1.37.